The van der Waals surface area contributed by atoms with Crippen molar-refractivity contribution in [2.45, 2.75) is 53.4 Å². The molecule has 1 rings (SSSR count). The second-order valence-corrected chi connectivity index (χ2v) is 4.46. The molecule has 0 nitrogen and oxygen atoms in total. The van der Waals surface area contributed by atoms with Gasteiger partial charge in [-0.05, 0) is 23.7 Å². The van der Waals surface area contributed by atoms with Gasteiger partial charge in [0.1, 0.15) is 0 Å². The Kier molecular flexibility index (Phi) is 3.61. The van der Waals surface area contributed by atoms with E-state index in [4.69, 9.17) is 0 Å². The SMILES string of the molecule is CCCC1C(C)C(CC)C1CC. The zero-order valence-corrected chi connectivity index (χ0v) is 9.14. The fraction of sp³-hybridized carbons (Fsp3) is 1.00. The van der Waals surface area contributed by atoms with Gasteiger partial charge in [0, 0.05) is 0 Å². The van der Waals surface area contributed by atoms with Crippen LogP contribution in [-0.2, 0) is 0 Å². The van der Waals surface area contributed by atoms with Crippen LogP contribution in [0.15, 0.2) is 0 Å². The normalized spacial score (nSPS) is 41.0. The van der Waals surface area contributed by atoms with Gasteiger partial charge in [0.15, 0.2) is 0 Å². The largest absolute Gasteiger partial charge is 0.0654 e. The van der Waals surface area contributed by atoms with E-state index in [-0.39, 0.29) is 0 Å². The van der Waals surface area contributed by atoms with E-state index in [2.05, 4.69) is 27.7 Å². The summed E-state index contributed by atoms with van der Waals surface area (Å²) < 4.78 is 0. The van der Waals surface area contributed by atoms with E-state index >= 15 is 0 Å². The van der Waals surface area contributed by atoms with Crippen LogP contribution in [0.4, 0.5) is 0 Å². The lowest BCUT2D eigenvalue weighted by atomic mass is 9.54. The molecule has 0 amide bonds. The zero-order valence-electron chi connectivity index (χ0n) is 9.14. The van der Waals surface area contributed by atoms with Crippen LogP contribution < -0.4 is 0 Å². The smallest absolute Gasteiger partial charge is 0.0355 e. The predicted octanol–water partition coefficient (Wildman–Crippen LogP) is 4.10. The Bertz CT molecular complexity index is 128. The number of hydrogen-bond acceptors (Lipinski definition) is 0. The van der Waals surface area contributed by atoms with Crippen molar-refractivity contribution in [1.82, 2.24) is 0 Å². The Morgan fingerprint density at radius 3 is 1.83 bits per heavy atom. The van der Waals surface area contributed by atoms with Gasteiger partial charge in [-0.25, -0.2) is 0 Å². The van der Waals surface area contributed by atoms with Gasteiger partial charge in [-0.2, -0.15) is 0 Å². The highest BCUT2D eigenvalue weighted by Gasteiger charge is 2.44. The average Bonchev–Trinajstić information content (AvgIpc) is 2.09. The van der Waals surface area contributed by atoms with Crippen LogP contribution in [0, 0.1) is 23.7 Å². The van der Waals surface area contributed by atoms with E-state index in [0.29, 0.717) is 0 Å². The molecule has 0 N–H and O–H groups in total. The summed E-state index contributed by atoms with van der Waals surface area (Å²) in [6.07, 6.45) is 5.66. The predicted molar refractivity (Wildman–Crippen MR) is 55.1 cm³/mol. The third-order valence-electron chi connectivity index (χ3n) is 4.02. The van der Waals surface area contributed by atoms with Gasteiger partial charge in [0.05, 0.1) is 0 Å². The van der Waals surface area contributed by atoms with Crippen molar-refractivity contribution in [3.8, 4) is 0 Å². The molecule has 0 bridgehead atoms. The molecule has 0 aromatic carbocycles. The highest BCUT2D eigenvalue weighted by atomic mass is 14.5. The molecule has 12 heavy (non-hydrogen) atoms. The summed E-state index contributed by atoms with van der Waals surface area (Å²) in [5.74, 6) is 4.18. The molecule has 0 aromatic rings. The second kappa shape index (κ2) is 4.30. The highest BCUT2D eigenvalue weighted by Crippen LogP contribution is 2.51. The molecule has 4 atom stereocenters. The van der Waals surface area contributed by atoms with Crippen LogP contribution in [-0.4, -0.2) is 0 Å². The Morgan fingerprint density at radius 1 is 0.833 bits per heavy atom. The fourth-order valence-corrected chi connectivity index (χ4v) is 3.36. The average molecular weight is 168 g/mol. The zero-order chi connectivity index (χ0) is 9.14. The fourth-order valence-electron chi connectivity index (χ4n) is 3.36. The van der Waals surface area contributed by atoms with Crippen molar-refractivity contribution in [2.75, 3.05) is 0 Å². The lowest BCUT2D eigenvalue weighted by Gasteiger charge is -2.51. The van der Waals surface area contributed by atoms with Crippen molar-refractivity contribution >= 4 is 0 Å². The molecule has 4 unspecified atom stereocenters. The lowest BCUT2D eigenvalue weighted by molar-refractivity contribution is -0.0213. The first-order valence-electron chi connectivity index (χ1n) is 5.76. The minimum atomic E-state index is 1.01. The van der Waals surface area contributed by atoms with Crippen LogP contribution in [0.3, 0.4) is 0 Å². The number of hydrogen-bond donors (Lipinski definition) is 0. The third-order valence-corrected chi connectivity index (χ3v) is 4.02. The van der Waals surface area contributed by atoms with Gasteiger partial charge >= 0.3 is 0 Å². The third kappa shape index (κ3) is 1.53. The molecule has 0 saturated heterocycles. The summed E-state index contributed by atoms with van der Waals surface area (Å²) in [6, 6.07) is 0. The molecule has 0 heteroatoms. The summed E-state index contributed by atoms with van der Waals surface area (Å²) in [5.41, 5.74) is 0. The molecule has 0 aromatic heterocycles. The molecule has 1 fully saturated rings. The first kappa shape index (κ1) is 10.1. The van der Waals surface area contributed by atoms with Gasteiger partial charge in [-0.15, -0.1) is 0 Å². The maximum Gasteiger partial charge on any atom is -0.0355 e. The lowest BCUT2D eigenvalue weighted by Crippen LogP contribution is -2.44. The van der Waals surface area contributed by atoms with E-state index in [9.17, 15) is 0 Å². The van der Waals surface area contributed by atoms with Gasteiger partial charge in [-0.1, -0.05) is 53.4 Å². The van der Waals surface area contributed by atoms with E-state index in [1.165, 1.54) is 25.7 Å². The monoisotopic (exact) mass is 168 g/mol. The van der Waals surface area contributed by atoms with Crippen molar-refractivity contribution in [3.63, 3.8) is 0 Å². The van der Waals surface area contributed by atoms with Gasteiger partial charge in [0.2, 0.25) is 0 Å². The molecule has 0 aliphatic heterocycles. The minimum absolute atomic E-state index is 1.01. The van der Waals surface area contributed by atoms with Crippen LogP contribution in [0.25, 0.3) is 0 Å². The van der Waals surface area contributed by atoms with Crippen molar-refractivity contribution < 1.29 is 0 Å². The molecule has 0 spiro atoms. The van der Waals surface area contributed by atoms with Gasteiger partial charge < -0.3 is 0 Å². The van der Waals surface area contributed by atoms with Crippen LogP contribution >= 0.6 is 0 Å². The van der Waals surface area contributed by atoms with Crippen LogP contribution in [0.2, 0.25) is 0 Å². The highest BCUT2D eigenvalue weighted by molar-refractivity contribution is 4.92. The van der Waals surface area contributed by atoms with Crippen LogP contribution in [0.1, 0.15) is 53.4 Å². The van der Waals surface area contributed by atoms with Gasteiger partial charge in [0.25, 0.3) is 0 Å². The quantitative estimate of drug-likeness (QED) is 0.592. The summed E-state index contributed by atoms with van der Waals surface area (Å²) in [7, 11) is 0. The molecular formula is C12H24. The Morgan fingerprint density at radius 2 is 1.42 bits per heavy atom. The summed E-state index contributed by atoms with van der Waals surface area (Å²) >= 11 is 0. The van der Waals surface area contributed by atoms with Crippen molar-refractivity contribution in [3.05, 3.63) is 0 Å². The van der Waals surface area contributed by atoms with Crippen LogP contribution in [0.5, 0.6) is 0 Å². The second-order valence-electron chi connectivity index (χ2n) is 4.46. The molecule has 0 radical (unpaired) electrons. The Balaban J connectivity index is 2.44. The maximum atomic E-state index is 2.46. The van der Waals surface area contributed by atoms with E-state index < -0.39 is 0 Å². The topological polar surface area (TPSA) is 0 Å². The minimum Gasteiger partial charge on any atom is -0.0654 e. The summed E-state index contributed by atoms with van der Waals surface area (Å²) in [5, 5.41) is 0. The summed E-state index contributed by atoms with van der Waals surface area (Å²) in [4.78, 5) is 0. The van der Waals surface area contributed by atoms with E-state index in [1.807, 2.05) is 0 Å². The molecule has 1 aliphatic rings. The van der Waals surface area contributed by atoms with E-state index in [0.717, 1.165) is 23.7 Å². The maximum absolute atomic E-state index is 2.46. The Hall–Kier alpha value is 0. The first-order valence-corrected chi connectivity index (χ1v) is 5.76. The molecule has 1 aliphatic carbocycles. The van der Waals surface area contributed by atoms with Crippen molar-refractivity contribution in [2.24, 2.45) is 23.7 Å². The molecular weight excluding hydrogens is 144 g/mol. The molecule has 72 valence electrons. The Labute approximate surface area is 77.7 Å². The van der Waals surface area contributed by atoms with Crippen molar-refractivity contribution in [1.29, 1.82) is 0 Å². The standard InChI is InChI=1S/C12H24/c1-5-8-12-9(4)10(6-2)11(12)7-3/h9-12H,5-8H2,1-4H3. The summed E-state index contributed by atoms with van der Waals surface area (Å²) in [6.45, 7) is 9.49. The molecule has 0 heterocycles. The van der Waals surface area contributed by atoms with E-state index in [1.54, 1.807) is 0 Å². The molecule has 1 saturated carbocycles. The number of rotatable bonds is 4. The first-order chi connectivity index (χ1) is 5.76. The van der Waals surface area contributed by atoms with Gasteiger partial charge in [-0.3, -0.25) is 0 Å².